The van der Waals surface area contributed by atoms with Gasteiger partial charge in [0.1, 0.15) is 0 Å². The van der Waals surface area contributed by atoms with Crippen LogP contribution < -0.4 is 5.32 Å². The molecule has 0 aliphatic carbocycles. The highest BCUT2D eigenvalue weighted by molar-refractivity contribution is 8.17. The van der Waals surface area contributed by atoms with Crippen molar-refractivity contribution in [1.82, 2.24) is 10.2 Å². The summed E-state index contributed by atoms with van der Waals surface area (Å²) < 4.78 is 0. The summed E-state index contributed by atoms with van der Waals surface area (Å²) >= 11 is 9.61. The third kappa shape index (κ3) is 3.34. The van der Waals surface area contributed by atoms with Gasteiger partial charge in [-0.1, -0.05) is 65.5 Å². The maximum absolute atomic E-state index is 6.17. The van der Waals surface area contributed by atoms with Crippen molar-refractivity contribution in [2.24, 2.45) is 9.98 Å². The molecule has 4 nitrogen and oxygen atoms in total. The lowest BCUT2D eigenvalue weighted by Gasteiger charge is -2.27. The third-order valence-electron chi connectivity index (χ3n) is 5.15. The number of thioether (sulfide) groups is 2. The molecule has 1 N–H and O–H groups in total. The van der Waals surface area contributed by atoms with Crippen LogP contribution in [0.2, 0.25) is 5.02 Å². The number of halogens is 1. The van der Waals surface area contributed by atoms with E-state index in [1.807, 2.05) is 24.3 Å². The van der Waals surface area contributed by atoms with Gasteiger partial charge < -0.3 is 10.2 Å². The summed E-state index contributed by atoms with van der Waals surface area (Å²) in [6, 6.07) is 16.4. The van der Waals surface area contributed by atoms with Crippen LogP contribution in [-0.4, -0.2) is 27.5 Å². The van der Waals surface area contributed by atoms with E-state index in [-0.39, 0.29) is 5.54 Å². The SMILES string of the molecule is CC1(c2ccccc2)CN=C(SCC2=CSC3=Nc4ccc(Cl)cc4CN23)N1. The number of fused-ring (bicyclic) bond motifs is 2. The molecule has 3 heterocycles. The Morgan fingerprint density at radius 3 is 2.96 bits per heavy atom. The number of amidine groups is 2. The molecule has 0 aromatic heterocycles. The van der Waals surface area contributed by atoms with Crippen LogP contribution in [0, 0.1) is 0 Å². The number of aliphatic imine (C=N–C) groups is 2. The van der Waals surface area contributed by atoms with E-state index in [2.05, 4.69) is 46.8 Å². The predicted molar refractivity (Wildman–Crippen MR) is 121 cm³/mol. The average molecular weight is 427 g/mol. The molecule has 2 aromatic rings. The highest BCUT2D eigenvalue weighted by Gasteiger charge is 2.33. The fourth-order valence-electron chi connectivity index (χ4n) is 3.54. The van der Waals surface area contributed by atoms with Crippen molar-refractivity contribution in [3.05, 3.63) is 75.8 Å². The molecule has 0 radical (unpaired) electrons. The Labute approximate surface area is 178 Å². The van der Waals surface area contributed by atoms with Gasteiger partial charge in [-0.3, -0.25) is 4.99 Å². The smallest absolute Gasteiger partial charge is 0.173 e. The number of nitrogens with zero attached hydrogens (tertiary/aromatic N) is 3. The molecular formula is C21H19ClN4S2. The van der Waals surface area contributed by atoms with Crippen molar-refractivity contribution in [2.75, 3.05) is 12.3 Å². The minimum absolute atomic E-state index is 0.129. The zero-order valence-corrected chi connectivity index (χ0v) is 17.7. The summed E-state index contributed by atoms with van der Waals surface area (Å²) in [5.41, 5.74) is 4.59. The molecule has 7 heteroatoms. The normalized spacial score (nSPS) is 22.8. The zero-order chi connectivity index (χ0) is 19.1. The van der Waals surface area contributed by atoms with Crippen LogP contribution >= 0.6 is 35.1 Å². The first-order valence-corrected chi connectivity index (χ1v) is 11.4. The largest absolute Gasteiger partial charge is 0.354 e. The Morgan fingerprint density at radius 2 is 2.11 bits per heavy atom. The highest BCUT2D eigenvalue weighted by atomic mass is 35.5. The van der Waals surface area contributed by atoms with E-state index in [4.69, 9.17) is 21.6 Å². The number of rotatable bonds is 3. The second-order valence-electron chi connectivity index (χ2n) is 7.21. The number of nitrogens with one attached hydrogen (secondary N) is 1. The molecule has 5 rings (SSSR count). The van der Waals surface area contributed by atoms with Gasteiger partial charge in [0, 0.05) is 16.5 Å². The molecule has 3 aliphatic heterocycles. The first-order chi connectivity index (χ1) is 13.6. The maximum Gasteiger partial charge on any atom is 0.173 e. The van der Waals surface area contributed by atoms with Crippen molar-refractivity contribution in [2.45, 2.75) is 19.0 Å². The molecule has 0 spiro atoms. The molecule has 0 amide bonds. The number of hydrogen-bond acceptors (Lipinski definition) is 6. The van der Waals surface area contributed by atoms with Gasteiger partial charge in [0.05, 0.1) is 24.3 Å². The Bertz CT molecular complexity index is 1020. The second kappa shape index (κ2) is 7.17. The predicted octanol–water partition coefficient (Wildman–Crippen LogP) is 5.34. The van der Waals surface area contributed by atoms with E-state index >= 15 is 0 Å². The van der Waals surface area contributed by atoms with E-state index in [1.54, 1.807) is 23.5 Å². The van der Waals surface area contributed by atoms with Crippen molar-refractivity contribution < 1.29 is 0 Å². The van der Waals surface area contributed by atoms with Crippen LogP contribution in [0.3, 0.4) is 0 Å². The average Bonchev–Trinajstić information content (AvgIpc) is 3.29. The minimum Gasteiger partial charge on any atom is -0.354 e. The maximum atomic E-state index is 6.17. The van der Waals surface area contributed by atoms with Crippen molar-refractivity contribution in [3.8, 4) is 0 Å². The fourth-order valence-corrected chi connectivity index (χ4v) is 5.73. The van der Waals surface area contributed by atoms with E-state index in [0.717, 1.165) is 39.9 Å². The van der Waals surface area contributed by atoms with Crippen molar-refractivity contribution in [3.63, 3.8) is 0 Å². The lowest BCUT2D eigenvalue weighted by molar-refractivity contribution is 0.482. The Balaban J connectivity index is 1.24. The molecule has 1 unspecified atom stereocenters. The number of benzene rings is 2. The van der Waals surface area contributed by atoms with Crippen LogP contribution in [0.25, 0.3) is 0 Å². The van der Waals surface area contributed by atoms with Gasteiger partial charge in [-0.25, -0.2) is 4.99 Å². The molecule has 0 saturated heterocycles. The summed E-state index contributed by atoms with van der Waals surface area (Å²) in [7, 11) is 0. The second-order valence-corrected chi connectivity index (χ2v) is 9.45. The van der Waals surface area contributed by atoms with Crippen LogP contribution in [0.4, 0.5) is 5.69 Å². The van der Waals surface area contributed by atoms with Crippen LogP contribution in [0.5, 0.6) is 0 Å². The van der Waals surface area contributed by atoms with E-state index < -0.39 is 0 Å². The summed E-state index contributed by atoms with van der Waals surface area (Å²) in [4.78, 5) is 11.8. The van der Waals surface area contributed by atoms with Crippen LogP contribution in [-0.2, 0) is 12.1 Å². The van der Waals surface area contributed by atoms with E-state index in [1.165, 1.54) is 16.8 Å². The monoisotopic (exact) mass is 426 g/mol. The molecular weight excluding hydrogens is 408 g/mol. The van der Waals surface area contributed by atoms with Gasteiger partial charge in [-0.15, -0.1) is 0 Å². The zero-order valence-electron chi connectivity index (χ0n) is 15.4. The Morgan fingerprint density at radius 1 is 1.25 bits per heavy atom. The van der Waals surface area contributed by atoms with Gasteiger partial charge >= 0.3 is 0 Å². The molecule has 2 aromatic carbocycles. The number of hydrogen-bond donors (Lipinski definition) is 1. The van der Waals surface area contributed by atoms with Gasteiger partial charge in [0.25, 0.3) is 0 Å². The summed E-state index contributed by atoms with van der Waals surface area (Å²) in [5, 5.41) is 8.62. The van der Waals surface area contributed by atoms with Gasteiger partial charge in [0.2, 0.25) is 0 Å². The topological polar surface area (TPSA) is 40.0 Å². The van der Waals surface area contributed by atoms with Gasteiger partial charge in [0.15, 0.2) is 10.3 Å². The van der Waals surface area contributed by atoms with Crippen LogP contribution in [0.15, 0.2) is 69.6 Å². The van der Waals surface area contributed by atoms with Crippen molar-refractivity contribution in [1.29, 1.82) is 0 Å². The Kier molecular flexibility index (Phi) is 4.65. The molecule has 0 fully saturated rings. The molecule has 0 bridgehead atoms. The molecule has 0 saturated carbocycles. The van der Waals surface area contributed by atoms with Crippen molar-refractivity contribution >= 4 is 51.1 Å². The summed E-state index contributed by atoms with van der Waals surface area (Å²) in [5.74, 6) is 0.860. The molecule has 1 atom stereocenters. The molecule has 3 aliphatic rings. The van der Waals surface area contributed by atoms with Gasteiger partial charge in [-0.05, 0) is 41.7 Å². The third-order valence-corrected chi connectivity index (χ3v) is 7.25. The summed E-state index contributed by atoms with van der Waals surface area (Å²) in [6.07, 6.45) is 0. The fraction of sp³-hybridized carbons (Fsp3) is 0.238. The lowest BCUT2D eigenvalue weighted by atomic mass is 9.93. The highest BCUT2D eigenvalue weighted by Crippen LogP contribution is 2.39. The van der Waals surface area contributed by atoms with Gasteiger partial charge in [-0.2, -0.15) is 0 Å². The molecule has 142 valence electrons. The first-order valence-electron chi connectivity index (χ1n) is 9.12. The van der Waals surface area contributed by atoms with E-state index in [9.17, 15) is 0 Å². The lowest BCUT2D eigenvalue weighted by Crippen LogP contribution is -2.39. The first kappa shape index (κ1) is 18.2. The quantitative estimate of drug-likeness (QED) is 0.719. The van der Waals surface area contributed by atoms with Crippen LogP contribution in [0.1, 0.15) is 18.1 Å². The molecule has 28 heavy (non-hydrogen) atoms. The Hall–Kier alpha value is -1.89. The minimum atomic E-state index is -0.129. The standard InChI is InChI=1S/C21H19ClN4S2/c1-21(15-5-3-2-4-6-15)13-23-19(25-21)27-11-17-12-28-20-24-18-8-7-16(22)9-14(18)10-26(17)20/h2-9,12H,10-11,13H2,1H3,(H,23,25). The van der Waals surface area contributed by atoms with E-state index in [0.29, 0.717) is 0 Å². The summed E-state index contributed by atoms with van der Waals surface area (Å²) in [6.45, 7) is 3.78.